The van der Waals surface area contributed by atoms with Gasteiger partial charge in [-0.1, -0.05) is 6.92 Å². The maximum absolute atomic E-state index is 11.4. The molecule has 15 heavy (non-hydrogen) atoms. The second-order valence-electron chi connectivity index (χ2n) is 3.76. The van der Waals surface area contributed by atoms with Crippen molar-refractivity contribution in [3.63, 3.8) is 0 Å². The summed E-state index contributed by atoms with van der Waals surface area (Å²) in [5, 5.41) is 9.66. The van der Waals surface area contributed by atoms with Crippen LogP contribution in [-0.4, -0.2) is 25.0 Å². The van der Waals surface area contributed by atoms with Gasteiger partial charge in [-0.3, -0.25) is 4.79 Å². The molecule has 0 atom stereocenters. The number of carbonyl (C=O) groups is 1. The summed E-state index contributed by atoms with van der Waals surface area (Å²) in [6.45, 7) is 3.46. The van der Waals surface area contributed by atoms with Crippen LogP contribution in [0.15, 0.2) is 12.1 Å². The smallest absolute Gasteiger partial charge is 0.163 e. The standard InChI is InChI=1S/C12H17NO2/c1-5-9-10(13(3)4)6-7-11(15)12(9)8(2)14/h6-7,15H,5H2,1-4H3. The molecule has 0 amide bonds. The molecule has 0 aliphatic rings. The number of Topliss-reactive ketones (excluding diaryl/α,β-unsaturated/α-hetero) is 1. The van der Waals surface area contributed by atoms with Crippen molar-refractivity contribution in [3.05, 3.63) is 23.3 Å². The second kappa shape index (κ2) is 4.34. The van der Waals surface area contributed by atoms with Gasteiger partial charge in [-0.25, -0.2) is 0 Å². The molecule has 0 fully saturated rings. The lowest BCUT2D eigenvalue weighted by molar-refractivity contribution is 0.101. The number of ketones is 1. The van der Waals surface area contributed by atoms with Gasteiger partial charge in [-0.15, -0.1) is 0 Å². The van der Waals surface area contributed by atoms with Gasteiger partial charge in [-0.2, -0.15) is 0 Å². The van der Waals surface area contributed by atoms with E-state index in [-0.39, 0.29) is 11.5 Å². The Labute approximate surface area is 90.3 Å². The molecule has 82 valence electrons. The third-order valence-electron chi connectivity index (χ3n) is 2.45. The zero-order valence-electron chi connectivity index (χ0n) is 9.66. The van der Waals surface area contributed by atoms with E-state index in [1.54, 1.807) is 6.07 Å². The Morgan fingerprint density at radius 3 is 2.40 bits per heavy atom. The van der Waals surface area contributed by atoms with Gasteiger partial charge in [0.25, 0.3) is 0 Å². The fraction of sp³-hybridized carbons (Fsp3) is 0.417. The van der Waals surface area contributed by atoms with E-state index < -0.39 is 0 Å². The number of aromatic hydroxyl groups is 1. The van der Waals surface area contributed by atoms with Crippen molar-refractivity contribution < 1.29 is 9.90 Å². The summed E-state index contributed by atoms with van der Waals surface area (Å²) in [7, 11) is 3.85. The molecular formula is C12H17NO2. The molecule has 1 aromatic carbocycles. The summed E-state index contributed by atoms with van der Waals surface area (Å²) >= 11 is 0. The molecule has 0 aliphatic heterocycles. The first-order valence-electron chi connectivity index (χ1n) is 5.02. The molecule has 1 aromatic rings. The summed E-state index contributed by atoms with van der Waals surface area (Å²) in [5.41, 5.74) is 2.34. The number of carbonyl (C=O) groups excluding carboxylic acids is 1. The summed E-state index contributed by atoms with van der Waals surface area (Å²) < 4.78 is 0. The molecule has 0 spiro atoms. The van der Waals surface area contributed by atoms with E-state index in [1.807, 2.05) is 32.0 Å². The minimum Gasteiger partial charge on any atom is -0.507 e. The monoisotopic (exact) mass is 207 g/mol. The van der Waals surface area contributed by atoms with E-state index in [0.29, 0.717) is 5.56 Å². The van der Waals surface area contributed by atoms with Crippen LogP contribution in [-0.2, 0) is 6.42 Å². The van der Waals surface area contributed by atoms with E-state index in [9.17, 15) is 9.90 Å². The molecule has 3 heteroatoms. The Morgan fingerprint density at radius 1 is 1.40 bits per heavy atom. The van der Waals surface area contributed by atoms with Crippen molar-refractivity contribution in [3.8, 4) is 5.75 Å². The second-order valence-corrected chi connectivity index (χ2v) is 3.76. The zero-order chi connectivity index (χ0) is 11.6. The molecule has 0 heterocycles. The van der Waals surface area contributed by atoms with Crippen LogP contribution in [0, 0.1) is 0 Å². The number of phenols is 1. The van der Waals surface area contributed by atoms with Crippen LogP contribution in [0.3, 0.4) is 0 Å². The molecule has 0 bridgehead atoms. The lowest BCUT2D eigenvalue weighted by Gasteiger charge is -2.19. The van der Waals surface area contributed by atoms with Crippen LogP contribution >= 0.6 is 0 Å². The van der Waals surface area contributed by atoms with Crippen molar-refractivity contribution in [1.82, 2.24) is 0 Å². The first kappa shape index (κ1) is 11.6. The fourth-order valence-electron chi connectivity index (χ4n) is 1.79. The summed E-state index contributed by atoms with van der Waals surface area (Å²) in [4.78, 5) is 13.4. The highest BCUT2D eigenvalue weighted by Gasteiger charge is 2.15. The Hall–Kier alpha value is -1.51. The van der Waals surface area contributed by atoms with E-state index in [0.717, 1.165) is 17.7 Å². The van der Waals surface area contributed by atoms with Crippen molar-refractivity contribution >= 4 is 11.5 Å². The first-order valence-corrected chi connectivity index (χ1v) is 5.02. The maximum atomic E-state index is 11.4. The predicted molar refractivity (Wildman–Crippen MR) is 61.8 cm³/mol. The number of rotatable bonds is 3. The third-order valence-corrected chi connectivity index (χ3v) is 2.45. The van der Waals surface area contributed by atoms with Crippen molar-refractivity contribution in [1.29, 1.82) is 0 Å². The van der Waals surface area contributed by atoms with Crippen LogP contribution in [0.25, 0.3) is 0 Å². The summed E-state index contributed by atoms with van der Waals surface area (Å²) in [6.07, 6.45) is 0.733. The topological polar surface area (TPSA) is 40.5 Å². The third kappa shape index (κ3) is 2.12. The van der Waals surface area contributed by atoms with Crippen LogP contribution in [0.5, 0.6) is 5.75 Å². The number of anilines is 1. The largest absolute Gasteiger partial charge is 0.507 e. The van der Waals surface area contributed by atoms with Crippen LogP contribution in [0.2, 0.25) is 0 Å². The maximum Gasteiger partial charge on any atom is 0.163 e. The molecule has 0 aromatic heterocycles. The van der Waals surface area contributed by atoms with Crippen molar-refractivity contribution in [2.45, 2.75) is 20.3 Å². The molecule has 3 nitrogen and oxygen atoms in total. The minimum atomic E-state index is -0.0898. The molecule has 0 aliphatic carbocycles. The highest BCUT2D eigenvalue weighted by Crippen LogP contribution is 2.30. The fourth-order valence-corrected chi connectivity index (χ4v) is 1.79. The van der Waals surface area contributed by atoms with Crippen molar-refractivity contribution in [2.75, 3.05) is 19.0 Å². The van der Waals surface area contributed by atoms with E-state index in [1.165, 1.54) is 6.92 Å². The van der Waals surface area contributed by atoms with E-state index in [4.69, 9.17) is 0 Å². The Morgan fingerprint density at radius 2 is 2.00 bits per heavy atom. The van der Waals surface area contributed by atoms with Gasteiger partial charge in [0.1, 0.15) is 5.75 Å². The Kier molecular flexibility index (Phi) is 3.35. The number of phenolic OH excluding ortho intramolecular Hbond substituents is 1. The Bertz CT molecular complexity index is 383. The van der Waals surface area contributed by atoms with Gasteiger partial charge in [0.15, 0.2) is 5.78 Å². The quantitative estimate of drug-likeness (QED) is 0.773. The minimum absolute atomic E-state index is 0.0740. The number of hydrogen-bond acceptors (Lipinski definition) is 3. The molecular weight excluding hydrogens is 190 g/mol. The molecule has 0 unspecified atom stereocenters. The van der Waals surface area contributed by atoms with Gasteiger partial charge in [0, 0.05) is 19.8 Å². The van der Waals surface area contributed by atoms with Gasteiger partial charge >= 0.3 is 0 Å². The highest BCUT2D eigenvalue weighted by molar-refractivity contribution is 5.99. The SMILES string of the molecule is CCc1c(N(C)C)ccc(O)c1C(C)=O. The van der Waals surface area contributed by atoms with Crippen LogP contribution < -0.4 is 4.90 Å². The molecule has 0 saturated heterocycles. The number of benzene rings is 1. The first-order chi connectivity index (χ1) is 6.99. The van der Waals surface area contributed by atoms with Crippen LogP contribution in [0.4, 0.5) is 5.69 Å². The zero-order valence-corrected chi connectivity index (χ0v) is 9.66. The van der Waals surface area contributed by atoms with E-state index >= 15 is 0 Å². The number of hydrogen-bond donors (Lipinski definition) is 1. The lowest BCUT2D eigenvalue weighted by Crippen LogP contribution is -2.13. The Balaban J connectivity index is 3.47. The number of nitrogens with zero attached hydrogens (tertiary/aromatic N) is 1. The molecule has 1 N–H and O–H groups in total. The van der Waals surface area contributed by atoms with E-state index in [2.05, 4.69) is 0 Å². The molecule has 0 radical (unpaired) electrons. The average molecular weight is 207 g/mol. The average Bonchev–Trinajstić information content (AvgIpc) is 2.15. The van der Waals surface area contributed by atoms with Gasteiger partial charge in [0.2, 0.25) is 0 Å². The highest BCUT2D eigenvalue weighted by atomic mass is 16.3. The van der Waals surface area contributed by atoms with Gasteiger partial charge < -0.3 is 10.0 Å². The normalized spacial score (nSPS) is 10.1. The molecule has 1 rings (SSSR count). The predicted octanol–water partition coefficient (Wildman–Crippen LogP) is 2.22. The summed E-state index contributed by atoms with van der Waals surface area (Å²) in [6, 6.07) is 3.41. The lowest BCUT2D eigenvalue weighted by atomic mass is 9.98. The van der Waals surface area contributed by atoms with Crippen molar-refractivity contribution in [2.24, 2.45) is 0 Å². The van der Waals surface area contributed by atoms with Gasteiger partial charge in [-0.05, 0) is 31.0 Å². The van der Waals surface area contributed by atoms with Gasteiger partial charge in [0.05, 0.1) is 5.56 Å². The summed E-state index contributed by atoms with van der Waals surface area (Å²) in [5.74, 6) is -0.0157. The molecule has 0 saturated carbocycles. The van der Waals surface area contributed by atoms with Crippen LogP contribution in [0.1, 0.15) is 29.8 Å².